The van der Waals surface area contributed by atoms with E-state index in [2.05, 4.69) is 5.32 Å². The molecular weight excluding hydrogens is 219 g/mol. The molecule has 1 fully saturated rings. The topological polar surface area (TPSA) is 55.1 Å². The van der Waals surface area contributed by atoms with Crippen LogP contribution in [0.4, 0.5) is 10.1 Å². The maximum Gasteiger partial charge on any atom is 0.253 e. The number of nitrogens with two attached hydrogens (primary N) is 1. The first-order valence-electron chi connectivity index (χ1n) is 5.88. The Kier molecular flexibility index (Phi) is 3.05. The number of rotatable bonds is 2. The number of benzene rings is 1. The van der Waals surface area contributed by atoms with Crippen molar-refractivity contribution in [2.45, 2.75) is 38.1 Å². The zero-order chi connectivity index (χ0) is 12.5. The van der Waals surface area contributed by atoms with E-state index in [1.165, 1.54) is 18.2 Å². The van der Waals surface area contributed by atoms with Crippen molar-refractivity contribution in [3.05, 3.63) is 29.6 Å². The number of carbonyl (C=O) groups excluding carboxylic acids is 1. The van der Waals surface area contributed by atoms with Crippen molar-refractivity contribution < 1.29 is 9.18 Å². The van der Waals surface area contributed by atoms with Gasteiger partial charge in [-0.15, -0.1) is 0 Å². The second-order valence-electron chi connectivity index (χ2n) is 4.95. The Bertz CT molecular complexity index is 439. The number of hydrogen-bond donors (Lipinski definition) is 2. The minimum Gasteiger partial charge on any atom is -0.398 e. The number of nitrogen functional groups attached to an aromatic ring is 1. The van der Waals surface area contributed by atoms with Crippen LogP contribution in [-0.2, 0) is 0 Å². The smallest absolute Gasteiger partial charge is 0.253 e. The summed E-state index contributed by atoms with van der Waals surface area (Å²) in [4.78, 5) is 12.0. The van der Waals surface area contributed by atoms with Crippen LogP contribution in [0.25, 0.3) is 0 Å². The van der Waals surface area contributed by atoms with Crippen LogP contribution in [0.15, 0.2) is 18.2 Å². The SMILES string of the molecule is CC1(NC(=O)c2ccc(F)cc2N)CCCC1. The average Bonchev–Trinajstić information content (AvgIpc) is 2.64. The van der Waals surface area contributed by atoms with Gasteiger partial charge in [0.2, 0.25) is 0 Å². The van der Waals surface area contributed by atoms with E-state index >= 15 is 0 Å². The highest BCUT2D eigenvalue weighted by molar-refractivity contribution is 5.99. The predicted molar refractivity (Wildman–Crippen MR) is 65.2 cm³/mol. The molecule has 1 amide bonds. The number of anilines is 1. The lowest BCUT2D eigenvalue weighted by Crippen LogP contribution is -2.43. The third-order valence-electron chi connectivity index (χ3n) is 3.38. The van der Waals surface area contributed by atoms with Crippen molar-refractivity contribution in [1.82, 2.24) is 5.32 Å². The molecule has 4 heteroatoms. The van der Waals surface area contributed by atoms with Crippen molar-refractivity contribution in [2.75, 3.05) is 5.73 Å². The molecule has 0 aliphatic heterocycles. The number of nitrogens with one attached hydrogen (secondary N) is 1. The third-order valence-corrected chi connectivity index (χ3v) is 3.38. The van der Waals surface area contributed by atoms with Gasteiger partial charge in [-0.2, -0.15) is 0 Å². The molecule has 3 nitrogen and oxygen atoms in total. The Morgan fingerprint density at radius 2 is 2.06 bits per heavy atom. The molecule has 92 valence electrons. The molecular formula is C13H17FN2O. The molecule has 0 saturated heterocycles. The van der Waals surface area contributed by atoms with Gasteiger partial charge in [-0.3, -0.25) is 4.79 Å². The highest BCUT2D eigenvalue weighted by Crippen LogP contribution is 2.29. The first-order valence-corrected chi connectivity index (χ1v) is 5.88. The molecule has 17 heavy (non-hydrogen) atoms. The number of carbonyl (C=O) groups is 1. The van der Waals surface area contributed by atoms with E-state index in [1.54, 1.807) is 0 Å². The van der Waals surface area contributed by atoms with Gasteiger partial charge in [0.05, 0.1) is 5.56 Å². The molecule has 0 unspecified atom stereocenters. The van der Waals surface area contributed by atoms with Crippen LogP contribution in [0, 0.1) is 5.82 Å². The number of halogens is 1. The first kappa shape index (κ1) is 11.9. The fourth-order valence-electron chi connectivity index (χ4n) is 2.36. The van der Waals surface area contributed by atoms with Gasteiger partial charge in [0.15, 0.2) is 0 Å². The Balaban J connectivity index is 2.14. The molecule has 1 aliphatic carbocycles. The lowest BCUT2D eigenvalue weighted by atomic mass is 10.00. The van der Waals surface area contributed by atoms with Gasteiger partial charge in [0.25, 0.3) is 5.91 Å². The average molecular weight is 236 g/mol. The highest BCUT2D eigenvalue weighted by Gasteiger charge is 2.30. The summed E-state index contributed by atoms with van der Waals surface area (Å²) in [7, 11) is 0. The summed E-state index contributed by atoms with van der Waals surface area (Å²) in [5.74, 6) is -0.641. The molecule has 2 rings (SSSR count). The standard InChI is InChI=1S/C13H17FN2O/c1-13(6-2-3-7-13)16-12(17)10-5-4-9(14)8-11(10)15/h4-5,8H,2-3,6-7,15H2,1H3,(H,16,17). The van der Waals surface area contributed by atoms with Gasteiger partial charge in [0, 0.05) is 11.2 Å². The van der Waals surface area contributed by atoms with Gasteiger partial charge in [-0.1, -0.05) is 12.8 Å². The van der Waals surface area contributed by atoms with E-state index < -0.39 is 5.82 Å². The lowest BCUT2D eigenvalue weighted by Gasteiger charge is -2.25. The first-order chi connectivity index (χ1) is 8.00. The molecule has 0 radical (unpaired) electrons. The van der Waals surface area contributed by atoms with Crippen LogP contribution in [0.3, 0.4) is 0 Å². The zero-order valence-corrected chi connectivity index (χ0v) is 9.92. The minimum atomic E-state index is -0.425. The third kappa shape index (κ3) is 2.57. The summed E-state index contributed by atoms with van der Waals surface area (Å²) in [5, 5.41) is 2.99. The fraction of sp³-hybridized carbons (Fsp3) is 0.462. The number of hydrogen-bond acceptors (Lipinski definition) is 2. The fourth-order valence-corrected chi connectivity index (χ4v) is 2.36. The van der Waals surface area contributed by atoms with Crippen LogP contribution in [0.2, 0.25) is 0 Å². The minimum absolute atomic E-state index is 0.141. The largest absolute Gasteiger partial charge is 0.398 e. The predicted octanol–water partition coefficient (Wildman–Crippen LogP) is 2.47. The Morgan fingerprint density at radius 1 is 1.41 bits per heavy atom. The zero-order valence-electron chi connectivity index (χ0n) is 9.92. The molecule has 1 aromatic carbocycles. The monoisotopic (exact) mass is 236 g/mol. The molecule has 0 spiro atoms. The van der Waals surface area contributed by atoms with Crippen LogP contribution < -0.4 is 11.1 Å². The van der Waals surface area contributed by atoms with Crippen molar-refractivity contribution in [2.24, 2.45) is 0 Å². The van der Waals surface area contributed by atoms with Crippen LogP contribution >= 0.6 is 0 Å². The van der Waals surface area contributed by atoms with E-state index in [0.717, 1.165) is 25.7 Å². The molecule has 0 heterocycles. The summed E-state index contributed by atoms with van der Waals surface area (Å²) in [5.41, 5.74) is 6.03. The summed E-state index contributed by atoms with van der Waals surface area (Å²) in [6, 6.07) is 3.85. The van der Waals surface area contributed by atoms with Gasteiger partial charge >= 0.3 is 0 Å². The second-order valence-corrected chi connectivity index (χ2v) is 4.95. The Hall–Kier alpha value is -1.58. The van der Waals surface area contributed by atoms with E-state index in [0.29, 0.717) is 5.56 Å². The molecule has 3 N–H and O–H groups in total. The maximum atomic E-state index is 12.9. The Morgan fingerprint density at radius 3 is 2.65 bits per heavy atom. The second kappa shape index (κ2) is 4.35. The van der Waals surface area contributed by atoms with Gasteiger partial charge in [-0.25, -0.2) is 4.39 Å². The summed E-state index contributed by atoms with van der Waals surface area (Å²) in [6.45, 7) is 2.04. The van der Waals surface area contributed by atoms with Crippen molar-refractivity contribution in [3.63, 3.8) is 0 Å². The molecule has 1 saturated carbocycles. The van der Waals surface area contributed by atoms with Crippen LogP contribution in [0.1, 0.15) is 43.0 Å². The molecule has 1 aromatic rings. The van der Waals surface area contributed by atoms with Crippen molar-refractivity contribution in [3.8, 4) is 0 Å². The van der Waals surface area contributed by atoms with E-state index in [-0.39, 0.29) is 17.1 Å². The quantitative estimate of drug-likeness (QED) is 0.775. The number of amides is 1. The van der Waals surface area contributed by atoms with Gasteiger partial charge < -0.3 is 11.1 Å². The Labute approximate surface area is 100 Å². The normalized spacial score (nSPS) is 18.0. The maximum absolute atomic E-state index is 12.9. The van der Waals surface area contributed by atoms with Crippen molar-refractivity contribution in [1.29, 1.82) is 0 Å². The van der Waals surface area contributed by atoms with E-state index in [9.17, 15) is 9.18 Å². The molecule has 0 atom stereocenters. The molecule has 1 aliphatic rings. The summed E-state index contributed by atoms with van der Waals surface area (Å²) in [6.07, 6.45) is 4.24. The summed E-state index contributed by atoms with van der Waals surface area (Å²) >= 11 is 0. The lowest BCUT2D eigenvalue weighted by molar-refractivity contribution is 0.0909. The van der Waals surface area contributed by atoms with Crippen molar-refractivity contribution >= 4 is 11.6 Å². The van der Waals surface area contributed by atoms with E-state index in [1.807, 2.05) is 6.92 Å². The van der Waals surface area contributed by atoms with Gasteiger partial charge in [0.1, 0.15) is 5.82 Å². The van der Waals surface area contributed by atoms with Gasteiger partial charge in [-0.05, 0) is 38.0 Å². The highest BCUT2D eigenvalue weighted by atomic mass is 19.1. The van der Waals surface area contributed by atoms with Crippen LogP contribution in [-0.4, -0.2) is 11.4 Å². The molecule has 0 bridgehead atoms. The summed E-state index contributed by atoms with van der Waals surface area (Å²) < 4.78 is 12.9. The van der Waals surface area contributed by atoms with E-state index in [4.69, 9.17) is 5.73 Å². The molecule has 0 aromatic heterocycles. The van der Waals surface area contributed by atoms with Crippen LogP contribution in [0.5, 0.6) is 0 Å².